The SMILES string of the molecule is Cc1cc(Cl)ccc1N(CC(=O)NCCOc1ccc(S(=O)(=O)N2CCCC2)cc1)S(=O)(=O)c1ccccc1. The highest BCUT2D eigenvalue weighted by atomic mass is 35.5. The minimum Gasteiger partial charge on any atom is -0.492 e. The lowest BCUT2D eigenvalue weighted by molar-refractivity contribution is -0.119. The number of anilines is 1. The average molecular weight is 592 g/mol. The van der Waals surface area contributed by atoms with Gasteiger partial charge in [0.05, 0.1) is 22.0 Å². The highest BCUT2D eigenvalue weighted by molar-refractivity contribution is 7.92. The van der Waals surface area contributed by atoms with Crippen LogP contribution in [0, 0.1) is 6.92 Å². The maximum Gasteiger partial charge on any atom is 0.264 e. The van der Waals surface area contributed by atoms with E-state index < -0.39 is 32.5 Å². The lowest BCUT2D eigenvalue weighted by Crippen LogP contribution is -2.42. The van der Waals surface area contributed by atoms with Crippen LogP contribution in [0.25, 0.3) is 0 Å². The van der Waals surface area contributed by atoms with E-state index in [9.17, 15) is 21.6 Å². The predicted octanol–water partition coefficient (Wildman–Crippen LogP) is 3.82. The molecule has 0 saturated carbocycles. The molecule has 0 aromatic heterocycles. The number of hydrogen-bond donors (Lipinski definition) is 1. The number of aryl methyl sites for hydroxylation is 1. The first-order chi connectivity index (χ1) is 18.6. The highest BCUT2D eigenvalue weighted by Gasteiger charge is 2.29. The van der Waals surface area contributed by atoms with Gasteiger partial charge in [0, 0.05) is 18.1 Å². The van der Waals surface area contributed by atoms with Gasteiger partial charge in [-0.2, -0.15) is 4.31 Å². The number of rotatable bonds is 11. The Balaban J connectivity index is 1.37. The predicted molar refractivity (Wildman–Crippen MR) is 150 cm³/mol. The number of halogens is 1. The van der Waals surface area contributed by atoms with Gasteiger partial charge < -0.3 is 10.1 Å². The van der Waals surface area contributed by atoms with E-state index in [0.717, 1.165) is 17.1 Å². The summed E-state index contributed by atoms with van der Waals surface area (Å²) < 4.78 is 60.4. The third-order valence-electron chi connectivity index (χ3n) is 6.27. The van der Waals surface area contributed by atoms with Crippen LogP contribution in [-0.4, -0.2) is 59.8 Å². The van der Waals surface area contributed by atoms with Crippen molar-refractivity contribution in [3.05, 3.63) is 83.4 Å². The zero-order chi connectivity index (χ0) is 28.0. The molecule has 0 atom stereocenters. The summed E-state index contributed by atoms with van der Waals surface area (Å²) in [4.78, 5) is 13.1. The van der Waals surface area contributed by atoms with Crippen LogP contribution in [-0.2, 0) is 24.8 Å². The Kier molecular flexibility index (Phi) is 9.16. The summed E-state index contributed by atoms with van der Waals surface area (Å²) in [6.07, 6.45) is 1.72. The van der Waals surface area contributed by atoms with Crippen LogP contribution in [0.4, 0.5) is 5.69 Å². The maximum absolute atomic E-state index is 13.4. The first-order valence-corrected chi connectivity index (χ1v) is 15.7. The second-order valence-electron chi connectivity index (χ2n) is 9.04. The van der Waals surface area contributed by atoms with E-state index in [2.05, 4.69) is 5.32 Å². The van der Waals surface area contributed by atoms with Gasteiger partial charge in [-0.05, 0) is 79.9 Å². The highest BCUT2D eigenvalue weighted by Crippen LogP contribution is 2.29. The van der Waals surface area contributed by atoms with E-state index in [1.54, 1.807) is 55.5 Å². The first kappa shape index (κ1) is 28.9. The van der Waals surface area contributed by atoms with Gasteiger partial charge in [-0.3, -0.25) is 9.10 Å². The number of nitrogens with zero attached hydrogens (tertiary/aromatic N) is 2. The molecule has 9 nitrogen and oxygen atoms in total. The molecule has 12 heteroatoms. The summed E-state index contributed by atoms with van der Waals surface area (Å²) in [5.41, 5.74) is 0.951. The Labute approximate surface area is 234 Å². The van der Waals surface area contributed by atoms with E-state index in [-0.39, 0.29) is 22.9 Å². The monoisotopic (exact) mass is 591 g/mol. The van der Waals surface area contributed by atoms with E-state index >= 15 is 0 Å². The van der Waals surface area contributed by atoms with Gasteiger partial charge in [-0.25, -0.2) is 16.8 Å². The van der Waals surface area contributed by atoms with Crippen molar-refractivity contribution in [2.75, 3.05) is 37.1 Å². The fraction of sp³-hybridized carbons (Fsp3) is 0.296. The van der Waals surface area contributed by atoms with Crippen molar-refractivity contribution in [1.82, 2.24) is 9.62 Å². The van der Waals surface area contributed by atoms with Gasteiger partial charge >= 0.3 is 0 Å². The number of carbonyl (C=O) groups is 1. The molecule has 0 bridgehead atoms. The summed E-state index contributed by atoms with van der Waals surface area (Å²) in [6.45, 7) is 2.57. The largest absolute Gasteiger partial charge is 0.492 e. The number of amides is 1. The summed E-state index contributed by atoms with van der Waals surface area (Å²) in [7, 11) is -7.54. The number of benzene rings is 3. The van der Waals surface area contributed by atoms with Gasteiger partial charge in [-0.1, -0.05) is 29.8 Å². The molecule has 1 fully saturated rings. The molecule has 0 aliphatic carbocycles. The number of hydrogen-bond acceptors (Lipinski definition) is 6. The van der Waals surface area contributed by atoms with Gasteiger partial charge in [-0.15, -0.1) is 0 Å². The second-order valence-corrected chi connectivity index (χ2v) is 13.3. The molecule has 1 amide bonds. The number of sulfonamides is 2. The van der Waals surface area contributed by atoms with Crippen molar-refractivity contribution in [2.45, 2.75) is 29.6 Å². The standard InChI is InChI=1S/C27H30ClN3O6S2/c1-21-19-22(28)9-14-26(21)31(39(35,36)24-7-3-2-4-8-24)20-27(32)29-15-18-37-23-10-12-25(13-11-23)38(33,34)30-16-5-6-17-30/h2-4,7-14,19H,5-6,15-18,20H2,1H3,(H,29,32). The van der Waals surface area contributed by atoms with Crippen molar-refractivity contribution in [2.24, 2.45) is 0 Å². The van der Waals surface area contributed by atoms with Crippen LogP contribution in [0.1, 0.15) is 18.4 Å². The van der Waals surface area contributed by atoms with Crippen molar-refractivity contribution >= 4 is 43.2 Å². The molecule has 208 valence electrons. The average Bonchev–Trinajstić information content (AvgIpc) is 3.47. The molecular weight excluding hydrogens is 562 g/mol. The fourth-order valence-corrected chi connectivity index (χ4v) is 7.50. The van der Waals surface area contributed by atoms with Gasteiger partial charge in [0.25, 0.3) is 10.0 Å². The Morgan fingerprint density at radius 2 is 1.62 bits per heavy atom. The molecule has 1 saturated heterocycles. The van der Waals surface area contributed by atoms with Crippen molar-refractivity contribution < 1.29 is 26.4 Å². The molecule has 0 unspecified atom stereocenters. The van der Waals surface area contributed by atoms with Gasteiger partial charge in [0.2, 0.25) is 15.9 Å². The van der Waals surface area contributed by atoms with Crippen LogP contribution in [0.2, 0.25) is 5.02 Å². The smallest absolute Gasteiger partial charge is 0.264 e. The normalized spacial score (nSPS) is 14.2. The molecular formula is C27H30ClN3O6S2. The van der Waals surface area contributed by atoms with Crippen LogP contribution >= 0.6 is 11.6 Å². The third kappa shape index (κ3) is 6.91. The molecule has 0 spiro atoms. The maximum atomic E-state index is 13.4. The van der Waals surface area contributed by atoms with Gasteiger partial charge in [0.1, 0.15) is 18.9 Å². The molecule has 1 aliphatic rings. The minimum atomic E-state index is -4.03. The number of ether oxygens (including phenoxy) is 1. The number of nitrogens with one attached hydrogen (secondary N) is 1. The second kappa shape index (κ2) is 12.4. The summed E-state index contributed by atoms with van der Waals surface area (Å²) >= 11 is 6.06. The molecule has 1 aliphatic heterocycles. The summed E-state index contributed by atoms with van der Waals surface area (Å²) in [5.74, 6) is -0.0609. The van der Waals surface area contributed by atoms with E-state index in [4.69, 9.17) is 16.3 Å². The molecule has 39 heavy (non-hydrogen) atoms. The quantitative estimate of drug-likeness (QED) is 0.339. The number of carbonyl (C=O) groups excluding carboxylic acids is 1. The molecule has 1 heterocycles. The van der Waals surface area contributed by atoms with Crippen LogP contribution in [0.5, 0.6) is 5.75 Å². The molecule has 1 N–H and O–H groups in total. The van der Waals surface area contributed by atoms with Crippen LogP contribution < -0.4 is 14.4 Å². The van der Waals surface area contributed by atoms with Crippen LogP contribution in [0.15, 0.2) is 82.6 Å². The Hall–Kier alpha value is -3.12. The first-order valence-electron chi connectivity index (χ1n) is 12.4. The molecule has 0 radical (unpaired) electrons. The van der Waals surface area contributed by atoms with Crippen molar-refractivity contribution in [3.63, 3.8) is 0 Å². The minimum absolute atomic E-state index is 0.0608. The van der Waals surface area contributed by atoms with Crippen LogP contribution in [0.3, 0.4) is 0 Å². The summed E-state index contributed by atoms with van der Waals surface area (Å²) in [5, 5.41) is 3.14. The van der Waals surface area contributed by atoms with Crippen molar-refractivity contribution in [3.8, 4) is 5.75 Å². The Bertz CT molecular complexity index is 1510. The lowest BCUT2D eigenvalue weighted by atomic mass is 10.2. The molecule has 3 aromatic rings. The fourth-order valence-electron chi connectivity index (χ4n) is 4.25. The lowest BCUT2D eigenvalue weighted by Gasteiger charge is -2.25. The van der Waals surface area contributed by atoms with Crippen molar-refractivity contribution in [1.29, 1.82) is 0 Å². The third-order valence-corrected chi connectivity index (χ3v) is 10.2. The Morgan fingerprint density at radius 1 is 0.949 bits per heavy atom. The van der Waals surface area contributed by atoms with E-state index in [1.807, 2.05) is 0 Å². The molecule has 3 aromatic carbocycles. The molecule has 4 rings (SSSR count). The van der Waals surface area contributed by atoms with E-state index in [0.29, 0.717) is 35.1 Å². The van der Waals surface area contributed by atoms with Gasteiger partial charge in [0.15, 0.2) is 0 Å². The topological polar surface area (TPSA) is 113 Å². The zero-order valence-corrected chi connectivity index (χ0v) is 23.8. The zero-order valence-electron chi connectivity index (χ0n) is 21.4. The van der Waals surface area contributed by atoms with E-state index in [1.165, 1.54) is 28.6 Å². The Morgan fingerprint density at radius 3 is 2.26 bits per heavy atom. The summed E-state index contributed by atoms with van der Waals surface area (Å²) in [6, 6.07) is 18.8.